The zero-order valence-electron chi connectivity index (χ0n) is 32.8. The Balaban J connectivity index is 3.46. The number of ether oxygens (including phenoxy) is 1. The van der Waals surface area contributed by atoms with Crippen molar-refractivity contribution in [2.45, 2.75) is 270 Å². The van der Waals surface area contributed by atoms with E-state index in [1.807, 2.05) is 0 Å². The van der Waals surface area contributed by atoms with Crippen LogP contribution in [-0.4, -0.2) is 23.1 Å². The molecular formula is C44H86O4. The summed E-state index contributed by atoms with van der Waals surface area (Å²) in [6.45, 7) is 4.55. The molecule has 0 amide bonds. The maximum absolute atomic E-state index is 12.4. The molecule has 0 fully saturated rings. The van der Waals surface area contributed by atoms with Crippen LogP contribution in [0.5, 0.6) is 0 Å². The minimum atomic E-state index is -0.874. The number of unbranched alkanes of at least 4 members (excludes halogenated alkanes) is 34. The summed E-state index contributed by atoms with van der Waals surface area (Å²) in [5.74, 6) is -1.08. The minimum absolute atomic E-state index is 0.0665. The third-order valence-corrected chi connectivity index (χ3v) is 10.3. The van der Waals surface area contributed by atoms with Gasteiger partial charge in [-0.15, -0.1) is 0 Å². The molecule has 0 unspecified atom stereocenters. The number of rotatable bonds is 41. The number of carbonyl (C=O) groups excluding carboxylic acids is 1. The van der Waals surface area contributed by atoms with Crippen molar-refractivity contribution in [3.05, 3.63) is 0 Å². The van der Waals surface area contributed by atoms with Crippen LogP contribution in [0.4, 0.5) is 0 Å². The fourth-order valence-corrected chi connectivity index (χ4v) is 7.09. The van der Waals surface area contributed by atoms with Gasteiger partial charge in [0, 0.05) is 6.42 Å². The van der Waals surface area contributed by atoms with Gasteiger partial charge in [0.2, 0.25) is 0 Å². The molecule has 0 aliphatic rings. The first-order valence-electron chi connectivity index (χ1n) is 22.0. The summed E-state index contributed by atoms with van der Waals surface area (Å²) >= 11 is 0. The van der Waals surface area contributed by atoms with E-state index in [1.54, 1.807) is 0 Å². The summed E-state index contributed by atoms with van der Waals surface area (Å²) in [5, 5.41) is 9.26. The van der Waals surface area contributed by atoms with Gasteiger partial charge in [0.15, 0.2) is 0 Å². The van der Waals surface area contributed by atoms with Gasteiger partial charge in [0.25, 0.3) is 0 Å². The molecule has 0 aromatic rings. The molecule has 0 saturated heterocycles. The monoisotopic (exact) mass is 679 g/mol. The van der Waals surface area contributed by atoms with Crippen LogP contribution in [0, 0.1) is 0 Å². The van der Waals surface area contributed by atoms with Gasteiger partial charge in [-0.05, 0) is 19.3 Å². The molecule has 0 saturated carbocycles. The van der Waals surface area contributed by atoms with Crippen molar-refractivity contribution >= 4 is 11.9 Å². The van der Waals surface area contributed by atoms with E-state index in [1.165, 1.54) is 205 Å². The fourth-order valence-electron chi connectivity index (χ4n) is 7.09. The third kappa shape index (κ3) is 39.4. The summed E-state index contributed by atoms with van der Waals surface area (Å²) in [6, 6.07) is 0. The Morgan fingerprint density at radius 1 is 0.396 bits per heavy atom. The van der Waals surface area contributed by atoms with Crippen molar-refractivity contribution in [2.24, 2.45) is 0 Å². The Morgan fingerprint density at radius 3 is 0.917 bits per heavy atom. The lowest BCUT2D eigenvalue weighted by molar-refractivity contribution is -0.153. The maximum atomic E-state index is 12.4. The van der Waals surface area contributed by atoms with Crippen molar-refractivity contribution in [2.75, 3.05) is 0 Å². The van der Waals surface area contributed by atoms with E-state index in [4.69, 9.17) is 4.74 Å². The predicted molar refractivity (Wildman–Crippen MR) is 209 cm³/mol. The van der Waals surface area contributed by atoms with Crippen molar-refractivity contribution in [3.8, 4) is 0 Å². The second-order valence-electron chi connectivity index (χ2n) is 15.3. The smallest absolute Gasteiger partial charge is 0.307 e. The molecule has 0 aliphatic carbocycles. The number of carboxylic acids is 1. The first-order valence-corrected chi connectivity index (χ1v) is 22.0. The first kappa shape index (κ1) is 46.9. The molecule has 0 aliphatic heterocycles. The molecule has 0 bridgehead atoms. The SMILES string of the molecule is CCCCCCCCCCCCCCCCCCCCCCCCCCCC(=O)O[C@H](CCCCCCCCCCCCC)CC(=O)O. The lowest BCUT2D eigenvalue weighted by Crippen LogP contribution is -2.21. The predicted octanol–water partition coefficient (Wildman–Crippen LogP) is 15.2. The normalized spacial score (nSPS) is 12.0. The number of aliphatic carboxylic acids is 1. The maximum Gasteiger partial charge on any atom is 0.307 e. The van der Waals surface area contributed by atoms with Crippen molar-refractivity contribution in [1.29, 1.82) is 0 Å². The Kier molecular flexibility index (Phi) is 39.5. The van der Waals surface area contributed by atoms with Crippen molar-refractivity contribution in [1.82, 2.24) is 0 Å². The lowest BCUT2D eigenvalue weighted by Gasteiger charge is -2.16. The van der Waals surface area contributed by atoms with E-state index in [-0.39, 0.29) is 12.4 Å². The van der Waals surface area contributed by atoms with Crippen LogP contribution in [0.15, 0.2) is 0 Å². The summed E-state index contributed by atoms with van der Waals surface area (Å²) in [7, 11) is 0. The zero-order chi connectivity index (χ0) is 35.0. The molecule has 48 heavy (non-hydrogen) atoms. The quantitative estimate of drug-likeness (QED) is 0.0516. The van der Waals surface area contributed by atoms with Gasteiger partial charge in [-0.25, -0.2) is 0 Å². The molecule has 0 rings (SSSR count). The lowest BCUT2D eigenvalue weighted by atomic mass is 10.0. The topological polar surface area (TPSA) is 63.6 Å². The van der Waals surface area contributed by atoms with Crippen LogP contribution in [-0.2, 0) is 14.3 Å². The molecule has 1 atom stereocenters. The highest BCUT2D eigenvalue weighted by Gasteiger charge is 2.17. The number of esters is 1. The van der Waals surface area contributed by atoms with Gasteiger partial charge in [0.1, 0.15) is 6.10 Å². The van der Waals surface area contributed by atoms with Gasteiger partial charge in [-0.2, -0.15) is 0 Å². The molecule has 0 spiro atoms. The average Bonchev–Trinajstić information content (AvgIpc) is 3.06. The highest BCUT2D eigenvalue weighted by Crippen LogP contribution is 2.18. The van der Waals surface area contributed by atoms with Crippen LogP contribution in [0.2, 0.25) is 0 Å². The summed E-state index contributed by atoms with van der Waals surface area (Å²) in [4.78, 5) is 23.6. The molecule has 4 nitrogen and oxygen atoms in total. The molecule has 0 aromatic carbocycles. The Hall–Kier alpha value is -1.06. The van der Waals surface area contributed by atoms with Crippen LogP contribution < -0.4 is 0 Å². The number of carbonyl (C=O) groups is 2. The van der Waals surface area contributed by atoms with Gasteiger partial charge in [0.05, 0.1) is 6.42 Å². The number of hydrogen-bond acceptors (Lipinski definition) is 3. The fraction of sp³-hybridized carbons (Fsp3) is 0.955. The number of hydrogen-bond donors (Lipinski definition) is 1. The molecule has 1 N–H and O–H groups in total. The standard InChI is InChI=1S/C44H86O4/c1-3-5-7-9-11-13-15-16-17-18-19-20-21-22-23-24-25-26-27-28-30-32-34-36-38-40-44(47)48-42(41-43(45)46)39-37-35-33-31-29-14-12-10-8-6-4-2/h42H,3-41H2,1-2H3,(H,45,46)/t42-/m1/s1. The van der Waals surface area contributed by atoms with E-state index in [2.05, 4.69) is 13.8 Å². The highest BCUT2D eigenvalue weighted by molar-refractivity contribution is 5.71. The minimum Gasteiger partial charge on any atom is -0.481 e. The van der Waals surface area contributed by atoms with E-state index in [0.717, 1.165) is 25.7 Å². The summed E-state index contributed by atoms with van der Waals surface area (Å²) in [6.07, 6.45) is 48.7. The highest BCUT2D eigenvalue weighted by atomic mass is 16.5. The molecule has 0 aromatic heterocycles. The molecule has 0 radical (unpaired) electrons. The first-order chi connectivity index (χ1) is 23.6. The Bertz CT molecular complexity index is 648. The molecular weight excluding hydrogens is 592 g/mol. The van der Waals surface area contributed by atoms with E-state index < -0.39 is 12.1 Å². The van der Waals surface area contributed by atoms with Crippen LogP contribution in [0.25, 0.3) is 0 Å². The van der Waals surface area contributed by atoms with E-state index in [9.17, 15) is 14.7 Å². The number of carboxylic acid groups (broad SMARTS) is 1. The largest absolute Gasteiger partial charge is 0.481 e. The Labute approximate surface area is 301 Å². The molecule has 0 heterocycles. The van der Waals surface area contributed by atoms with Crippen molar-refractivity contribution < 1.29 is 19.4 Å². The van der Waals surface area contributed by atoms with Gasteiger partial charge < -0.3 is 9.84 Å². The second kappa shape index (κ2) is 40.4. The van der Waals surface area contributed by atoms with Crippen LogP contribution >= 0.6 is 0 Å². The summed E-state index contributed by atoms with van der Waals surface area (Å²) in [5.41, 5.74) is 0. The zero-order valence-corrected chi connectivity index (χ0v) is 32.8. The van der Waals surface area contributed by atoms with Gasteiger partial charge >= 0.3 is 11.9 Å². The third-order valence-electron chi connectivity index (χ3n) is 10.3. The van der Waals surface area contributed by atoms with Crippen LogP contribution in [0.1, 0.15) is 264 Å². The van der Waals surface area contributed by atoms with Crippen LogP contribution in [0.3, 0.4) is 0 Å². The van der Waals surface area contributed by atoms with Gasteiger partial charge in [-0.3, -0.25) is 9.59 Å². The Morgan fingerprint density at radius 2 is 0.646 bits per heavy atom. The molecule has 4 heteroatoms. The van der Waals surface area contributed by atoms with Crippen molar-refractivity contribution in [3.63, 3.8) is 0 Å². The molecule has 286 valence electrons. The van der Waals surface area contributed by atoms with E-state index >= 15 is 0 Å². The summed E-state index contributed by atoms with van der Waals surface area (Å²) < 4.78 is 5.59. The van der Waals surface area contributed by atoms with E-state index in [0.29, 0.717) is 12.8 Å². The second-order valence-corrected chi connectivity index (χ2v) is 15.3. The van der Waals surface area contributed by atoms with Gasteiger partial charge in [-0.1, -0.05) is 232 Å². The average molecular weight is 679 g/mol.